The Balaban J connectivity index is 1.22. The second kappa shape index (κ2) is 8.67. The van der Waals surface area contributed by atoms with Crippen LogP contribution in [0, 0.1) is 5.92 Å². The Kier molecular flexibility index (Phi) is 5.99. The highest BCUT2D eigenvalue weighted by atomic mass is 32.2. The van der Waals surface area contributed by atoms with Gasteiger partial charge >= 0.3 is 6.03 Å². The quantitative estimate of drug-likeness (QED) is 0.677. The van der Waals surface area contributed by atoms with Crippen molar-refractivity contribution >= 4 is 22.0 Å². The van der Waals surface area contributed by atoms with E-state index >= 15 is 0 Å². The summed E-state index contributed by atoms with van der Waals surface area (Å²) in [5.74, 6) is 0.00937. The molecule has 9 heteroatoms. The lowest BCUT2D eigenvalue weighted by Gasteiger charge is -2.38. The van der Waals surface area contributed by atoms with Gasteiger partial charge in [0.05, 0.1) is 11.6 Å². The molecule has 8 nitrogen and oxygen atoms in total. The van der Waals surface area contributed by atoms with Gasteiger partial charge in [-0.25, -0.2) is 18.1 Å². The predicted octanol–water partition coefficient (Wildman–Crippen LogP) is 2.33. The maximum absolute atomic E-state index is 13.2. The fourth-order valence-corrected chi connectivity index (χ4v) is 7.43. The Hall–Kier alpha value is -1.97. The molecule has 2 aliphatic carbocycles. The largest absolute Gasteiger partial charge is 0.326 e. The first-order valence-electron chi connectivity index (χ1n) is 12.3. The van der Waals surface area contributed by atoms with Crippen LogP contribution in [0.2, 0.25) is 0 Å². The molecule has 1 N–H and O–H groups in total. The number of aryl methyl sites for hydroxylation is 2. The molecule has 3 fully saturated rings. The molecule has 4 aliphatic rings. The normalized spacial score (nSPS) is 29.4. The number of sulfonamides is 1. The smallest absolute Gasteiger partial charge is 0.323 e. The molecule has 0 aromatic heterocycles. The summed E-state index contributed by atoms with van der Waals surface area (Å²) in [6.07, 6.45) is 7.92. The molecule has 1 aromatic carbocycles. The summed E-state index contributed by atoms with van der Waals surface area (Å²) >= 11 is 0. The lowest BCUT2D eigenvalue weighted by molar-refractivity contribution is -0.135. The molecule has 33 heavy (non-hydrogen) atoms. The Morgan fingerprint density at radius 2 is 1.73 bits per heavy atom. The van der Waals surface area contributed by atoms with E-state index in [0.717, 1.165) is 44.1 Å². The van der Waals surface area contributed by atoms with Gasteiger partial charge in [0.25, 0.3) is 5.91 Å². The maximum Gasteiger partial charge on any atom is 0.326 e. The molecule has 0 bridgehead atoms. The number of carbonyl (C=O) groups is 2. The number of urea groups is 1. The lowest BCUT2D eigenvalue weighted by Crippen LogP contribution is -2.55. The van der Waals surface area contributed by atoms with Crippen molar-refractivity contribution in [3.05, 3.63) is 29.3 Å². The molecule has 180 valence electrons. The first-order valence-corrected chi connectivity index (χ1v) is 13.7. The zero-order valence-electron chi connectivity index (χ0n) is 19.4. The van der Waals surface area contributed by atoms with Crippen molar-refractivity contribution in [3.63, 3.8) is 0 Å². The second-order valence-electron chi connectivity index (χ2n) is 10.1. The molecule has 1 spiro atoms. The zero-order chi connectivity index (χ0) is 23.2. The molecule has 0 radical (unpaired) electrons. The Morgan fingerprint density at radius 1 is 1.00 bits per heavy atom. The van der Waals surface area contributed by atoms with Gasteiger partial charge in [-0.3, -0.25) is 9.69 Å². The number of hydrogen-bond donors (Lipinski definition) is 1. The Labute approximate surface area is 196 Å². The number of imide groups is 1. The first kappa shape index (κ1) is 22.8. The standard InChI is InChI=1S/C24H34N4O4S/c1-18-6-4-5-11-24(18)22(29)28(23(30)25-24)17-26-12-14-27(15-13-26)33(31,32)21-10-9-19-7-2-3-8-20(19)16-21/h9-10,16,18H,2-8,11-15,17H2,1H3,(H,25,30)/t18-,24-/m1/s1. The minimum absolute atomic E-state index is 0.121. The molecule has 2 atom stereocenters. The summed E-state index contributed by atoms with van der Waals surface area (Å²) in [7, 11) is -3.55. The molecule has 2 saturated heterocycles. The van der Waals surface area contributed by atoms with E-state index in [1.54, 1.807) is 6.07 Å². The number of carbonyl (C=O) groups excluding carboxylic acids is 2. The molecule has 1 saturated carbocycles. The van der Waals surface area contributed by atoms with Crippen molar-refractivity contribution in [2.75, 3.05) is 32.8 Å². The van der Waals surface area contributed by atoms with E-state index in [-0.39, 0.29) is 24.5 Å². The number of benzene rings is 1. The van der Waals surface area contributed by atoms with Gasteiger partial charge in [0.1, 0.15) is 5.54 Å². The van der Waals surface area contributed by atoms with Crippen LogP contribution in [0.25, 0.3) is 0 Å². The predicted molar refractivity (Wildman–Crippen MR) is 124 cm³/mol. The summed E-state index contributed by atoms with van der Waals surface area (Å²) in [6.45, 7) is 3.94. The molecular weight excluding hydrogens is 440 g/mol. The van der Waals surface area contributed by atoms with Gasteiger partial charge in [-0.2, -0.15) is 4.31 Å². The van der Waals surface area contributed by atoms with Crippen LogP contribution in [-0.4, -0.2) is 72.8 Å². The lowest BCUT2D eigenvalue weighted by atomic mass is 9.73. The first-order chi connectivity index (χ1) is 15.8. The van der Waals surface area contributed by atoms with Gasteiger partial charge in [-0.05, 0) is 67.7 Å². The summed E-state index contributed by atoms with van der Waals surface area (Å²) in [5, 5.41) is 2.99. The number of rotatable bonds is 4. The fraction of sp³-hybridized carbons (Fsp3) is 0.667. The maximum atomic E-state index is 13.2. The van der Waals surface area contributed by atoms with E-state index in [4.69, 9.17) is 0 Å². The van der Waals surface area contributed by atoms with Crippen LogP contribution in [0.1, 0.15) is 56.6 Å². The average molecular weight is 475 g/mol. The highest BCUT2D eigenvalue weighted by Gasteiger charge is 2.55. The van der Waals surface area contributed by atoms with Gasteiger partial charge in [0.15, 0.2) is 0 Å². The summed E-state index contributed by atoms with van der Waals surface area (Å²) in [6, 6.07) is 5.24. The van der Waals surface area contributed by atoms with E-state index in [0.29, 0.717) is 37.5 Å². The van der Waals surface area contributed by atoms with Gasteiger partial charge in [-0.15, -0.1) is 0 Å². The third-order valence-electron chi connectivity index (χ3n) is 8.13. The topological polar surface area (TPSA) is 90.0 Å². The summed E-state index contributed by atoms with van der Waals surface area (Å²) < 4.78 is 28.0. The molecular formula is C24H34N4O4S. The number of nitrogens with zero attached hydrogens (tertiary/aromatic N) is 3. The SMILES string of the molecule is C[C@@H]1CCCC[C@@]12NC(=O)N(CN1CCN(S(=O)(=O)c3ccc4c(c3)CCCC4)CC1)C2=O. The minimum atomic E-state index is -3.55. The third-order valence-corrected chi connectivity index (χ3v) is 10.0. The van der Waals surface area contributed by atoms with Gasteiger partial charge in [-0.1, -0.05) is 25.8 Å². The highest BCUT2D eigenvalue weighted by molar-refractivity contribution is 7.89. The van der Waals surface area contributed by atoms with E-state index in [2.05, 4.69) is 5.32 Å². The van der Waals surface area contributed by atoms with Gasteiger partial charge in [0, 0.05) is 26.2 Å². The summed E-state index contributed by atoms with van der Waals surface area (Å²) in [4.78, 5) is 29.6. The molecule has 1 aromatic rings. The van der Waals surface area contributed by atoms with E-state index in [9.17, 15) is 18.0 Å². The number of nitrogens with one attached hydrogen (secondary N) is 1. The molecule has 2 heterocycles. The minimum Gasteiger partial charge on any atom is -0.323 e. The Bertz CT molecular complexity index is 1050. The van der Waals surface area contributed by atoms with Crippen molar-refractivity contribution in [2.24, 2.45) is 5.92 Å². The third kappa shape index (κ3) is 3.98. The van der Waals surface area contributed by atoms with E-state index in [1.165, 1.54) is 21.2 Å². The van der Waals surface area contributed by atoms with Crippen molar-refractivity contribution < 1.29 is 18.0 Å². The van der Waals surface area contributed by atoms with Crippen molar-refractivity contribution in [1.29, 1.82) is 0 Å². The molecule has 0 unspecified atom stereocenters. The number of amides is 3. The molecule has 5 rings (SSSR count). The van der Waals surface area contributed by atoms with Crippen molar-refractivity contribution in [1.82, 2.24) is 19.4 Å². The Morgan fingerprint density at radius 3 is 2.45 bits per heavy atom. The van der Waals surface area contributed by atoms with Crippen LogP contribution in [0.4, 0.5) is 4.79 Å². The van der Waals surface area contributed by atoms with Crippen LogP contribution in [0.5, 0.6) is 0 Å². The van der Waals surface area contributed by atoms with Crippen molar-refractivity contribution in [3.8, 4) is 0 Å². The number of fused-ring (bicyclic) bond motifs is 1. The van der Waals surface area contributed by atoms with Crippen LogP contribution < -0.4 is 5.32 Å². The number of hydrogen-bond acceptors (Lipinski definition) is 5. The average Bonchev–Trinajstić information content (AvgIpc) is 3.06. The van der Waals surface area contributed by atoms with Crippen LogP contribution in [-0.2, 0) is 27.7 Å². The zero-order valence-corrected chi connectivity index (χ0v) is 20.2. The van der Waals surface area contributed by atoms with Gasteiger partial charge < -0.3 is 5.32 Å². The number of piperazine rings is 1. The van der Waals surface area contributed by atoms with Crippen LogP contribution >= 0.6 is 0 Å². The summed E-state index contributed by atoms with van der Waals surface area (Å²) in [5.41, 5.74) is 1.67. The van der Waals surface area contributed by atoms with Crippen LogP contribution in [0.15, 0.2) is 23.1 Å². The molecule has 3 amide bonds. The second-order valence-corrected chi connectivity index (χ2v) is 12.0. The fourth-order valence-electron chi connectivity index (χ4n) is 5.95. The van der Waals surface area contributed by atoms with Crippen molar-refractivity contribution in [2.45, 2.75) is 68.7 Å². The van der Waals surface area contributed by atoms with Gasteiger partial charge in [0.2, 0.25) is 10.0 Å². The van der Waals surface area contributed by atoms with Crippen LogP contribution in [0.3, 0.4) is 0 Å². The molecule has 2 aliphatic heterocycles. The van der Waals surface area contributed by atoms with E-state index < -0.39 is 15.6 Å². The highest BCUT2D eigenvalue weighted by Crippen LogP contribution is 2.38. The monoisotopic (exact) mass is 474 g/mol. The van der Waals surface area contributed by atoms with E-state index in [1.807, 2.05) is 24.0 Å².